The summed E-state index contributed by atoms with van der Waals surface area (Å²) in [6, 6.07) is 5.26. The number of halogens is 3. The van der Waals surface area contributed by atoms with Crippen LogP contribution in [0.25, 0.3) is 0 Å². The molecule has 2 aromatic heterocycles. The lowest BCUT2D eigenvalue weighted by Gasteiger charge is -2.47. The van der Waals surface area contributed by atoms with E-state index in [0.717, 1.165) is 31.9 Å². The smallest absolute Gasteiger partial charge is 0.475 e. The maximum Gasteiger partial charge on any atom is 0.490 e. The first kappa shape index (κ1) is 22.5. The summed E-state index contributed by atoms with van der Waals surface area (Å²) in [5.41, 5.74) is -0.272. The number of alkyl halides is 3. The molecular weight excluding hydrogens is 421 g/mol. The SMILES string of the molecule is O=C(O)C(F)(F)F.O=C(c1ccco1)N1CCOC2(CCN(c3ncccn3)CC2)C1. The summed E-state index contributed by atoms with van der Waals surface area (Å²) < 4.78 is 43.1. The molecule has 0 atom stereocenters. The lowest BCUT2D eigenvalue weighted by Crippen LogP contribution is -2.58. The molecule has 4 rings (SSSR count). The van der Waals surface area contributed by atoms with Crippen LogP contribution in [0.1, 0.15) is 23.4 Å². The number of aromatic nitrogens is 2. The van der Waals surface area contributed by atoms with Gasteiger partial charge in [-0.3, -0.25) is 4.79 Å². The molecule has 9 nitrogen and oxygen atoms in total. The van der Waals surface area contributed by atoms with Gasteiger partial charge >= 0.3 is 12.1 Å². The normalized spacial score (nSPS) is 18.3. The van der Waals surface area contributed by atoms with Crippen molar-refractivity contribution >= 4 is 17.8 Å². The average Bonchev–Trinajstić information content (AvgIpc) is 3.29. The second-order valence-electron chi connectivity index (χ2n) is 7.07. The number of carbonyl (C=O) groups is 2. The van der Waals surface area contributed by atoms with E-state index in [4.69, 9.17) is 19.1 Å². The maximum atomic E-state index is 12.5. The monoisotopic (exact) mass is 442 g/mol. The highest BCUT2D eigenvalue weighted by Gasteiger charge is 2.42. The summed E-state index contributed by atoms with van der Waals surface area (Å²) >= 11 is 0. The summed E-state index contributed by atoms with van der Waals surface area (Å²) in [6.45, 7) is 3.43. The third-order valence-electron chi connectivity index (χ3n) is 5.02. The van der Waals surface area contributed by atoms with Crippen LogP contribution in [0.5, 0.6) is 0 Å². The lowest BCUT2D eigenvalue weighted by molar-refractivity contribution is -0.192. The first-order chi connectivity index (χ1) is 14.7. The van der Waals surface area contributed by atoms with Crippen molar-refractivity contribution in [2.75, 3.05) is 37.7 Å². The van der Waals surface area contributed by atoms with Crippen molar-refractivity contribution in [3.63, 3.8) is 0 Å². The van der Waals surface area contributed by atoms with Gasteiger partial charge in [0.25, 0.3) is 5.91 Å². The van der Waals surface area contributed by atoms with Gasteiger partial charge in [-0.1, -0.05) is 0 Å². The van der Waals surface area contributed by atoms with E-state index in [1.54, 1.807) is 24.5 Å². The van der Waals surface area contributed by atoms with Crippen molar-refractivity contribution in [1.29, 1.82) is 0 Å². The molecule has 1 spiro atoms. The molecule has 168 valence electrons. The Labute approximate surface area is 175 Å². The Morgan fingerprint density at radius 3 is 2.29 bits per heavy atom. The Morgan fingerprint density at radius 2 is 1.74 bits per heavy atom. The van der Waals surface area contributed by atoms with Gasteiger partial charge in [0, 0.05) is 32.0 Å². The van der Waals surface area contributed by atoms with Crippen LogP contribution in [-0.2, 0) is 9.53 Å². The van der Waals surface area contributed by atoms with E-state index in [1.807, 2.05) is 11.0 Å². The Bertz CT molecular complexity index is 868. The highest BCUT2D eigenvalue weighted by molar-refractivity contribution is 5.91. The number of amides is 1. The van der Waals surface area contributed by atoms with E-state index in [9.17, 15) is 18.0 Å². The third kappa shape index (κ3) is 5.72. The third-order valence-corrected chi connectivity index (χ3v) is 5.02. The van der Waals surface area contributed by atoms with Gasteiger partial charge in [-0.15, -0.1) is 0 Å². The van der Waals surface area contributed by atoms with Crippen LogP contribution in [0, 0.1) is 0 Å². The fraction of sp³-hybridized carbons (Fsp3) is 0.474. The Kier molecular flexibility index (Phi) is 6.78. The number of carboxylic acid groups (broad SMARTS) is 1. The summed E-state index contributed by atoms with van der Waals surface area (Å²) in [6.07, 6.45) is 1.67. The lowest BCUT2D eigenvalue weighted by atomic mass is 9.89. The minimum Gasteiger partial charge on any atom is -0.475 e. The molecule has 0 saturated carbocycles. The zero-order valence-electron chi connectivity index (χ0n) is 16.4. The minimum atomic E-state index is -5.08. The summed E-state index contributed by atoms with van der Waals surface area (Å²) in [5.74, 6) is -1.67. The summed E-state index contributed by atoms with van der Waals surface area (Å²) in [4.78, 5) is 34.0. The van der Waals surface area contributed by atoms with Crippen molar-refractivity contribution < 1.29 is 37.0 Å². The Balaban J connectivity index is 0.000000339. The molecule has 1 N–H and O–H groups in total. The number of carbonyl (C=O) groups excluding carboxylic acids is 1. The number of furan rings is 1. The van der Waals surface area contributed by atoms with Crippen LogP contribution in [-0.4, -0.2) is 76.4 Å². The van der Waals surface area contributed by atoms with Crippen LogP contribution >= 0.6 is 0 Å². The van der Waals surface area contributed by atoms with Gasteiger partial charge in [-0.05, 0) is 31.0 Å². The standard InChI is InChI=1S/C17H20N4O3.C2HF3O2/c22-15(14-3-1-11-23-14)21-10-12-24-17(13-21)4-8-20(9-5-17)16-18-6-2-7-19-16;3-2(4,5)1(6)7/h1-3,6-7,11H,4-5,8-10,12-13H2;(H,6,7). The summed E-state index contributed by atoms with van der Waals surface area (Å²) in [7, 11) is 0. The molecule has 31 heavy (non-hydrogen) atoms. The van der Waals surface area contributed by atoms with Gasteiger partial charge < -0.3 is 24.1 Å². The highest BCUT2D eigenvalue weighted by atomic mass is 19.4. The van der Waals surface area contributed by atoms with E-state index in [1.165, 1.54) is 6.26 Å². The molecule has 2 aromatic rings. The molecule has 0 bridgehead atoms. The fourth-order valence-electron chi connectivity index (χ4n) is 3.45. The number of anilines is 1. The molecule has 1 amide bonds. The average molecular weight is 442 g/mol. The number of rotatable bonds is 2. The Hall–Kier alpha value is -3.15. The Morgan fingerprint density at radius 1 is 1.10 bits per heavy atom. The predicted molar refractivity (Wildman–Crippen MR) is 100 cm³/mol. The van der Waals surface area contributed by atoms with Crippen molar-refractivity contribution in [3.05, 3.63) is 42.6 Å². The molecule has 0 radical (unpaired) electrons. The van der Waals surface area contributed by atoms with Gasteiger partial charge in [-0.25, -0.2) is 14.8 Å². The maximum absolute atomic E-state index is 12.5. The molecule has 2 aliphatic heterocycles. The van der Waals surface area contributed by atoms with Gasteiger partial charge in [0.15, 0.2) is 5.76 Å². The van der Waals surface area contributed by atoms with Crippen LogP contribution in [0.4, 0.5) is 19.1 Å². The van der Waals surface area contributed by atoms with Gasteiger partial charge in [0.1, 0.15) is 0 Å². The molecule has 12 heteroatoms. The number of aliphatic carboxylic acids is 1. The number of piperidine rings is 1. The first-order valence-electron chi connectivity index (χ1n) is 9.49. The topological polar surface area (TPSA) is 109 Å². The van der Waals surface area contributed by atoms with Gasteiger partial charge in [-0.2, -0.15) is 13.2 Å². The summed E-state index contributed by atoms with van der Waals surface area (Å²) in [5, 5.41) is 7.12. The predicted octanol–water partition coefficient (Wildman–Crippen LogP) is 2.21. The molecule has 2 fully saturated rings. The number of hydrogen-bond acceptors (Lipinski definition) is 7. The first-order valence-corrected chi connectivity index (χ1v) is 9.49. The number of hydrogen-bond donors (Lipinski definition) is 1. The van der Waals surface area contributed by atoms with Gasteiger partial charge in [0.05, 0.1) is 25.0 Å². The van der Waals surface area contributed by atoms with Crippen molar-refractivity contribution in [3.8, 4) is 0 Å². The van der Waals surface area contributed by atoms with E-state index in [2.05, 4.69) is 14.9 Å². The molecular formula is C19H21F3N4O5. The molecule has 0 unspecified atom stereocenters. The van der Waals surface area contributed by atoms with E-state index in [0.29, 0.717) is 25.5 Å². The highest BCUT2D eigenvalue weighted by Crippen LogP contribution is 2.31. The number of nitrogens with zero attached hydrogens (tertiary/aromatic N) is 4. The number of carboxylic acids is 1. The van der Waals surface area contributed by atoms with E-state index < -0.39 is 12.1 Å². The van der Waals surface area contributed by atoms with Crippen molar-refractivity contribution in [2.45, 2.75) is 24.6 Å². The number of morpholine rings is 1. The molecule has 0 aromatic carbocycles. The minimum absolute atomic E-state index is 0.0588. The molecule has 2 aliphatic rings. The van der Waals surface area contributed by atoms with Crippen LogP contribution in [0.2, 0.25) is 0 Å². The molecule has 4 heterocycles. The molecule has 2 saturated heterocycles. The second-order valence-corrected chi connectivity index (χ2v) is 7.07. The van der Waals surface area contributed by atoms with Crippen LogP contribution < -0.4 is 4.90 Å². The zero-order chi connectivity index (χ0) is 22.5. The largest absolute Gasteiger partial charge is 0.490 e. The molecule has 0 aliphatic carbocycles. The van der Waals surface area contributed by atoms with Crippen molar-refractivity contribution in [2.24, 2.45) is 0 Å². The second kappa shape index (κ2) is 9.33. The van der Waals surface area contributed by atoms with Crippen molar-refractivity contribution in [1.82, 2.24) is 14.9 Å². The van der Waals surface area contributed by atoms with E-state index in [-0.39, 0.29) is 11.5 Å². The fourth-order valence-corrected chi connectivity index (χ4v) is 3.45. The van der Waals surface area contributed by atoms with E-state index >= 15 is 0 Å². The number of ether oxygens (including phenoxy) is 1. The van der Waals surface area contributed by atoms with Crippen LogP contribution in [0.3, 0.4) is 0 Å². The van der Waals surface area contributed by atoms with Gasteiger partial charge in [0.2, 0.25) is 5.95 Å². The quantitative estimate of drug-likeness (QED) is 0.754. The zero-order valence-corrected chi connectivity index (χ0v) is 16.4. The van der Waals surface area contributed by atoms with Crippen LogP contribution in [0.15, 0.2) is 41.3 Å².